The summed E-state index contributed by atoms with van der Waals surface area (Å²) in [5.41, 5.74) is -0.306. The first-order chi connectivity index (χ1) is 3.31. The normalized spacial score (nSPS) is 35.6. The number of aliphatic hydroxyl groups is 1. The SMILES string of the molecule is OC12CCN1CC2. The van der Waals surface area contributed by atoms with Crippen molar-refractivity contribution in [2.75, 3.05) is 13.1 Å². The molecule has 2 fully saturated rings. The fraction of sp³-hybridized carbons (Fsp3) is 1.00. The van der Waals surface area contributed by atoms with Gasteiger partial charge in [0.2, 0.25) is 0 Å². The van der Waals surface area contributed by atoms with Crippen LogP contribution in [0.15, 0.2) is 0 Å². The molecule has 2 aliphatic rings. The molecule has 40 valence electrons. The largest absolute Gasteiger partial charge is 0.376 e. The minimum absolute atomic E-state index is 0.306. The van der Waals surface area contributed by atoms with Gasteiger partial charge in [0.1, 0.15) is 5.72 Å². The molecule has 7 heavy (non-hydrogen) atoms. The van der Waals surface area contributed by atoms with Crippen LogP contribution in [-0.2, 0) is 0 Å². The van der Waals surface area contributed by atoms with Crippen LogP contribution in [0.1, 0.15) is 12.8 Å². The van der Waals surface area contributed by atoms with Gasteiger partial charge in [-0.1, -0.05) is 0 Å². The molecule has 0 aromatic rings. The maximum atomic E-state index is 9.19. The number of piperidine rings is 1. The van der Waals surface area contributed by atoms with Crippen LogP contribution in [0.25, 0.3) is 0 Å². The molecule has 0 aromatic carbocycles. The van der Waals surface area contributed by atoms with E-state index in [0.717, 1.165) is 25.9 Å². The molecule has 2 saturated heterocycles. The van der Waals surface area contributed by atoms with Crippen molar-refractivity contribution in [3.8, 4) is 0 Å². The molecule has 2 heterocycles. The van der Waals surface area contributed by atoms with Gasteiger partial charge in [-0.25, -0.2) is 0 Å². The molecule has 2 rings (SSSR count). The first-order valence-electron chi connectivity index (χ1n) is 2.79. The topological polar surface area (TPSA) is 23.5 Å². The minimum Gasteiger partial charge on any atom is -0.376 e. The highest BCUT2D eigenvalue weighted by Crippen LogP contribution is 2.39. The summed E-state index contributed by atoms with van der Waals surface area (Å²) < 4.78 is 0. The summed E-state index contributed by atoms with van der Waals surface area (Å²) in [6.45, 7) is 2.24. The Morgan fingerprint density at radius 2 is 1.71 bits per heavy atom. The van der Waals surface area contributed by atoms with Crippen molar-refractivity contribution >= 4 is 0 Å². The van der Waals surface area contributed by atoms with Crippen LogP contribution >= 0.6 is 0 Å². The number of hydrogen-bond donors (Lipinski definition) is 1. The summed E-state index contributed by atoms with van der Waals surface area (Å²) in [6, 6.07) is 0. The Bertz CT molecular complexity index is 94.3. The van der Waals surface area contributed by atoms with E-state index >= 15 is 0 Å². The first-order valence-corrected chi connectivity index (χ1v) is 2.79. The number of fused-ring (bicyclic) bond motifs is 1. The third kappa shape index (κ3) is 0.283. The van der Waals surface area contributed by atoms with Gasteiger partial charge in [-0.05, 0) is 0 Å². The third-order valence-electron chi connectivity index (χ3n) is 2.15. The van der Waals surface area contributed by atoms with Crippen LogP contribution in [0.3, 0.4) is 0 Å². The fourth-order valence-corrected chi connectivity index (χ4v) is 1.29. The molecule has 2 heteroatoms. The molecule has 0 unspecified atom stereocenters. The standard InChI is InChI=1S/C5H9NO/c7-5-1-3-6(5)4-2-5/h7H,1-4H2. The predicted octanol–water partition coefficient (Wildman–Crippen LogP) is -0.216. The van der Waals surface area contributed by atoms with Crippen molar-refractivity contribution in [3.63, 3.8) is 0 Å². The van der Waals surface area contributed by atoms with Crippen LogP contribution < -0.4 is 0 Å². The monoisotopic (exact) mass is 99.1 g/mol. The van der Waals surface area contributed by atoms with Crippen molar-refractivity contribution in [3.05, 3.63) is 0 Å². The van der Waals surface area contributed by atoms with E-state index in [1.807, 2.05) is 0 Å². The quantitative estimate of drug-likeness (QED) is 0.454. The van der Waals surface area contributed by atoms with Crippen molar-refractivity contribution in [2.24, 2.45) is 0 Å². The Hall–Kier alpha value is -0.0800. The molecule has 0 saturated carbocycles. The lowest BCUT2D eigenvalue weighted by Gasteiger charge is -2.57. The van der Waals surface area contributed by atoms with Gasteiger partial charge >= 0.3 is 0 Å². The third-order valence-corrected chi connectivity index (χ3v) is 2.15. The average molecular weight is 99.1 g/mol. The van der Waals surface area contributed by atoms with E-state index < -0.39 is 0 Å². The molecule has 2 aliphatic heterocycles. The van der Waals surface area contributed by atoms with Crippen molar-refractivity contribution < 1.29 is 5.11 Å². The Balaban J connectivity index is 2.12. The molecule has 0 bridgehead atoms. The first kappa shape index (κ1) is 3.87. The zero-order chi connectivity index (χ0) is 4.91. The van der Waals surface area contributed by atoms with E-state index in [-0.39, 0.29) is 5.72 Å². The zero-order valence-electron chi connectivity index (χ0n) is 4.22. The molecular formula is C5H9NO. The average Bonchev–Trinajstić information content (AvgIpc) is 1.67. The Kier molecular flexibility index (Phi) is 0.474. The molecule has 0 radical (unpaired) electrons. The van der Waals surface area contributed by atoms with Gasteiger partial charge in [-0.15, -0.1) is 0 Å². The summed E-state index contributed by atoms with van der Waals surface area (Å²) >= 11 is 0. The number of nitrogens with zero attached hydrogens (tertiary/aromatic N) is 1. The highest BCUT2D eigenvalue weighted by atomic mass is 16.3. The van der Waals surface area contributed by atoms with Crippen LogP contribution in [-0.4, -0.2) is 28.8 Å². The summed E-state index contributed by atoms with van der Waals surface area (Å²) in [4.78, 5) is 2.10. The van der Waals surface area contributed by atoms with E-state index in [4.69, 9.17) is 0 Å². The van der Waals surface area contributed by atoms with Crippen LogP contribution in [0.2, 0.25) is 0 Å². The maximum Gasteiger partial charge on any atom is 0.120 e. The van der Waals surface area contributed by atoms with Gasteiger partial charge in [-0.3, -0.25) is 4.90 Å². The maximum absolute atomic E-state index is 9.19. The van der Waals surface area contributed by atoms with Crippen molar-refractivity contribution in [2.45, 2.75) is 18.6 Å². The Morgan fingerprint density at radius 1 is 1.29 bits per heavy atom. The summed E-state index contributed by atoms with van der Waals surface area (Å²) in [5.74, 6) is 0. The lowest BCUT2D eigenvalue weighted by molar-refractivity contribution is -0.248. The fourth-order valence-electron chi connectivity index (χ4n) is 1.29. The van der Waals surface area contributed by atoms with Gasteiger partial charge in [0.15, 0.2) is 0 Å². The molecule has 0 amide bonds. The molecule has 0 spiro atoms. The smallest absolute Gasteiger partial charge is 0.120 e. The molecular weight excluding hydrogens is 90.1 g/mol. The van der Waals surface area contributed by atoms with Crippen molar-refractivity contribution in [1.29, 1.82) is 0 Å². The van der Waals surface area contributed by atoms with Crippen molar-refractivity contribution in [1.82, 2.24) is 4.90 Å². The summed E-state index contributed by atoms with van der Waals surface area (Å²) in [7, 11) is 0. The molecule has 0 aromatic heterocycles. The van der Waals surface area contributed by atoms with E-state index in [1.54, 1.807) is 0 Å². The lowest BCUT2D eigenvalue weighted by atomic mass is 9.86. The molecule has 0 atom stereocenters. The molecule has 1 N–H and O–H groups in total. The summed E-state index contributed by atoms with van der Waals surface area (Å²) in [6.07, 6.45) is 2.01. The summed E-state index contributed by atoms with van der Waals surface area (Å²) in [5, 5.41) is 9.19. The van der Waals surface area contributed by atoms with E-state index in [9.17, 15) is 5.11 Å². The van der Waals surface area contributed by atoms with Gasteiger partial charge in [0.05, 0.1) is 0 Å². The Morgan fingerprint density at radius 3 is 1.71 bits per heavy atom. The van der Waals surface area contributed by atoms with E-state index in [0.29, 0.717) is 0 Å². The molecule has 0 aliphatic carbocycles. The predicted molar refractivity (Wildman–Crippen MR) is 25.8 cm³/mol. The second kappa shape index (κ2) is 0.858. The second-order valence-electron chi connectivity index (χ2n) is 2.47. The van der Waals surface area contributed by atoms with Gasteiger partial charge in [0.25, 0.3) is 0 Å². The van der Waals surface area contributed by atoms with Gasteiger partial charge in [-0.2, -0.15) is 0 Å². The minimum atomic E-state index is -0.306. The van der Waals surface area contributed by atoms with Crippen LogP contribution in [0, 0.1) is 0 Å². The second-order valence-corrected chi connectivity index (χ2v) is 2.47. The zero-order valence-corrected chi connectivity index (χ0v) is 4.22. The lowest BCUT2D eigenvalue weighted by Crippen LogP contribution is -2.69. The van der Waals surface area contributed by atoms with E-state index in [2.05, 4.69) is 4.90 Å². The van der Waals surface area contributed by atoms with Crippen LogP contribution in [0.4, 0.5) is 0 Å². The highest BCUT2D eigenvalue weighted by molar-refractivity contribution is 4.98. The highest BCUT2D eigenvalue weighted by Gasteiger charge is 2.49. The van der Waals surface area contributed by atoms with Gasteiger partial charge in [0, 0.05) is 25.9 Å². The number of rotatable bonds is 0. The number of hydrogen-bond acceptors (Lipinski definition) is 2. The van der Waals surface area contributed by atoms with E-state index in [1.165, 1.54) is 0 Å². The van der Waals surface area contributed by atoms with Gasteiger partial charge < -0.3 is 5.11 Å². The molecule has 2 nitrogen and oxygen atoms in total. The van der Waals surface area contributed by atoms with Crippen LogP contribution in [0.5, 0.6) is 0 Å². The Labute approximate surface area is 42.7 Å².